The highest BCUT2D eigenvalue weighted by atomic mass is 19.1. The minimum atomic E-state index is -0.209. The first kappa shape index (κ1) is 24.1. The summed E-state index contributed by atoms with van der Waals surface area (Å²) in [4.78, 5) is 7.15. The van der Waals surface area contributed by atoms with E-state index in [1.807, 2.05) is 19.2 Å². The molecule has 37 heavy (non-hydrogen) atoms. The Kier molecular flexibility index (Phi) is 6.46. The second-order valence-corrected chi connectivity index (χ2v) is 11.2. The normalized spacial score (nSPS) is 31.2. The first-order valence-corrected chi connectivity index (χ1v) is 13.5. The summed E-state index contributed by atoms with van der Waals surface area (Å²) in [7, 11) is 1.87. The summed E-state index contributed by atoms with van der Waals surface area (Å²) in [5.41, 5.74) is 5.57. The number of benzene rings is 3. The molecule has 4 heteroatoms. The minimum Gasteiger partial charge on any atom is -0.378 e. The van der Waals surface area contributed by atoms with Gasteiger partial charge in [-0.15, -0.1) is 0 Å². The average molecular weight is 494 g/mol. The number of aliphatic imine (C=N–C) groups is 1. The fourth-order valence-electron chi connectivity index (χ4n) is 7.52. The Hall–Kier alpha value is -3.24. The lowest BCUT2D eigenvalue weighted by molar-refractivity contribution is 0.214. The molecule has 1 N–H and O–H groups in total. The van der Waals surface area contributed by atoms with Crippen LogP contribution >= 0.6 is 0 Å². The summed E-state index contributed by atoms with van der Waals surface area (Å²) in [6.07, 6.45) is 5.63. The van der Waals surface area contributed by atoms with Crippen molar-refractivity contribution >= 4 is 11.9 Å². The zero-order valence-corrected chi connectivity index (χ0v) is 21.7. The molecular weight excluding hydrogens is 457 g/mol. The van der Waals surface area contributed by atoms with Gasteiger partial charge in [0.1, 0.15) is 5.82 Å². The second-order valence-electron chi connectivity index (χ2n) is 11.2. The van der Waals surface area contributed by atoms with Crippen LogP contribution in [0.25, 0.3) is 0 Å². The maximum atomic E-state index is 13.5. The summed E-state index contributed by atoms with van der Waals surface area (Å²) in [6.45, 7) is 5.63. The largest absolute Gasteiger partial charge is 0.378 e. The monoisotopic (exact) mass is 493 g/mol. The number of fused-ring (bicyclic) bond motifs is 1. The molecule has 4 unspecified atom stereocenters. The van der Waals surface area contributed by atoms with Gasteiger partial charge in [0, 0.05) is 49.9 Å². The van der Waals surface area contributed by atoms with Crippen LogP contribution in [-0.4, -0.2) is 37.3 Å². The maximum Gasteiger partial charge on any atom is 0.123 e. The van der Waals surface area contributed by atoms with Crippen molar-refractivity contribution in [2.24, 2.45) is 28.2 Å². The minimum absolute atomic E-state index is 0.149. The summed E-state index contributed by atoms with van der Waals surface area (Å²) in [6, 6.07) is 28.9. The number of hydrogen-bond donors (Lipinski definition) is 1. The lowest BCUT2D eigenvalue weighted by Gasteiger charge is -2.39. The molecule has 0 bridgehead atoms. The third-order valence-corrected chi connectivity index (χ3v) is 9.05. The van der Waals surface area contributed by atoms with Crippen LogP contribution in [0.1, 0.15) is 30.4 Å². The highest BCUT2D eigenvalue weighted by Crippen LogP contribution is 2.74. The molecule has 1 saturated carbocycles. The molecule has 2 fully saturated rings. The first-order valence-electron chi connectivity index (χ1n) is 13.5. The van der Waals surface area contributed by atoms with Gasteiger partial charge in [0.05, 0.1) is 6.04 Å². The van der Waals surface area contributed by atoms with Crippen molar-refractivity contribution in [2.45, 2.75) is 31.8 Å². The molecule has 190 valence electrons. The van der Waals surface area contributed by atoms with E-state index in [-0.39, 0.29) is 17.3 Å². The predicted octanol–water partition coefficient (Wildman–Crippen LogP) is 6.81. The fourth-order valence-corrected chi connectivity index (χ4v) is 7.52. The van der Waals surface area contributed by atoms with Crippen LogP contribution in [0.15, 0.2) is 102 Å². The van der Waals surface area contributed by atoms with Crippen LogP contribution in [0.2, 0.25) is 0 Å². The Balaban J connectivity index is 1.30. The summed E-state index contributed by atoms with van der Waals surface area (Å²) < 4.78 is 13.5. The molecule has 2 aliphatic carbocycles. The molecule has 1 saturated heterocycles. The number of allylic oxidation sites excluding steroid dienone is 1. The second kappa shape index (κ2) is 9.90. The van der Waals surface area contributed by atoms with E-state index in [0.29, 0.717) is 23.7 Å². The van der Waals surface area contributed by atoms with Gasteiger partial charge in [0.25, 0.3) is 0 Å². The number of anilines is 1. The van der Waals surface area contributed by atoms with E-state index in [9.17, 15) is 4.39 Å². The summed E-state index contributed by atoms with van der Waals surface area (Å²) >= 11 is 0. The van der Waals surface area contributed by atoms with Gasteiger partial charge < -0.3 is 10.3 Å². The van der Waals surface area contributed by atoms with E-state index in [2.05, 4.69) is 95.1 Å². The Morgan fingerprint density at radius 1 is 1.00 bits per heavy atom. The number of rotatable bonds is 7. The zero-order valence-electron chi connectivity index (χ0n) is 21.7. The zero-order chi connectivity index (χ0) is 25.4. The predicted molar refractivity (Wildman–Crippen MR) is 150 cm³/mol. The summed E-state index contributed by atoms with van der Waals surface area (Å²) in [5, 5.41) is 3.65. The average Bonchev–Trinajstić information content (AvgIpc) is 3.38. The van der Waals surface area contributed by atoms with E-state index in [1.54, 1.807) is 0 Å². The van der Waals surface area contributed by atoms with Crippen LogP contribution in [0.3, 0.4) is 0 Å². The van der Waals surface area contributed by atoms with Crippen LogP contribution in [0.4, 0.5) is 10.1 Å². The Morgan fingerprint density at radius 2 is 1.70 bits per heavy atom. The molecule has 0 amide bonds. The van der Waals surface area contributed by atoms with Gasteiger partial charge in [-0.2, -0.15) is 0 Å². The van der Waals surface area contributed by atoms with Gasteiger partial charge >= 0.3 is 0 Å². The van der Waals surface area contributed by atoms with Gasteiger partial charge in [-0.1, -0.05) is 72.3 Å². The Labute approximate surface area is 220 Å². The Morgan fingerprint density at radius 3 is 2.41 bits per heavy atom. The van der Waals surface area contributed by atoms with E-state index >= 15 is 0 Å². The summed E-state index contributed by atoms with van der Waals surface area (Å²) in [5.74, 6) is 1.87. The van der Waals surface area contributed by atoms with Crippen molar-refractivity contribution in [2.75, 3.05) is 25.5 Å². The van der Waals surface area contributed by atoms with Crippen molar-refractivity contribution in [3.8, 4) is 0 Å². The lowest BCUT2D eigenvalue weighted by Crippen LogP contribution is -2.39. The smallest absolute Gasteiger partial charge is 0.123 e. The molecule has 3 nitrogen and oxygen atoms in total. The molecule has 0 radical (unpaired) electrons. The van der Waals surface area contributed by atoms with E-state index < -0.39 is 0 Å². The molecule has 0 aromatic heterocycles. The van der Waals surface area contributed by atoms with E-state index in [0.717, 1.165) is 31.7 Å². The lowest BCUT2D eigenvalue weighted by atomic mass is 9.70. The van der Waals surface area contributed by atoms with Crippen LogP contribution < -0.4 is 5.32 Å². The van der Waals surface area contributed by atoms with Crippen LogP contribution in [0, 0.1) is 29.0 Å². The highest BCUT2D eigenvalue weighted by Gasteiger charge is 2.72. The van der Waals surface area contributed by atoms with E-state index in [1.165, 1.54) is 28.8 Å². The van der Waals surface area contributed by atoms with Gasteiger partial charge in [-0.25, -0.2) is 4.39 Å². The third-order valence-electron chi connectivity index (χ3n) is 9.05. The number of nitrogens with zero attached hydrogens (tertiary/aromatic N) is 2. The number of hydrogen-bond acceptors (Lipinski definition) is 3. The molecule has 6 atom stereocenters. The molecule has 1 heterocycles. The third kappa shape index (κ3) is 4.53. The molecule has 1 aliphatic heterocycles. The van der Waals surface area contributed by atoms with Gasteiger partial charge in [0.2, 0.25) is 0 Å². The van der Waals surface area contributed by atoms with Crippen molar-refractivity contribution in [3.05, 3.63) is 114 Å². The highest BCUT2D eigenvalue weighted by molar-refractivity contribution is 5.65. The molecular formula is C33H36FN3. The number of nitrogens with one attached hydrogen (secondary N) is 1. The number of likely N-dealkylation sites (tertiary alicyclic amines) is 1. The van der Waals surface area contributed by atoms with Crippen molar-refractivity contribution in [3.63, 3.8) is 0 Å². The van der Waals surface area contributed by atoms with Crippen molar-refractivity contribution < 1.29 is 4.39 Å². The maximum absolute atomic E-state index is 13.5. The Bertz CT molecular complexity index is 1270. The van der Waals surface area contributed by atoms with Gasteiger partial charge in [-0.05, 0) is 66.5 Å². The molecule has 3 aliphatic rings. The van der Waals surface area contributed by atoms with Crippen LogP contribution in [0.5, 0.6) is 0 Å². The number of halogens is 1. The molecule has 3 aromatic rings. The topological polar surface area (TPSA) is 27.6 Å². The van der Waals surface area contributed by atoms with E-state index in [4.69, 9.17) is 0 Å². The number of piperidine rings is 1. The standard InChI is InChI=1S/C33H36FN3/c1-23-17-31(36-28-15-13-27(34)14-16-28)26(19-35-2)18-29(23)33-22-37(20-24-9-5-3-6-10-24)21-30(33)32(33)25-11-7-4-8-12-25/h3-17,19,26,29-32,36H,18,20-22H2,1-2H3/b35-19-/t26?,29-,30?,31?,32+,33?/m0/s1. The van der Waals surface area contributed by atoms with Crippen molar-refractivity contribution in [1.82, 2.24) is 4.90 Å². The molecule has 6 rings (SSSR count). The SMILES string of the molecule is C/N=C\C1C[C@H](C23CN(Cc4ccccc4)CC2[C@H]3c2ccccc2)C(C)=CC1Nc1ccc(F)cc1. The van der Waals surface area contributed by atoms with Gasteiger partial charge in [-0.3, -0.25) is 4.90 Å². The first-order chi connectivity index (χ1) is 18.1. The molecule has 3 aromatic carbocycles. The molecule has 0 spiro atoms. The quantitative estimate of drug-likeness (QED) is 0.289. The van der Waals surface area contributed by atoms with Gasteiger partial charge in [0.15, 0.2) is 0 Å². The van der Waals surface area contributed by atoms with Crippen molar-refractivity contribution in [1.29, 1.82) is 0 Å². The van der Waals surface area contributed by atoms with Crippen LogP contribution in [-0.2, 0) is 6.54 Å². The fraction of sp³-hybridized carbons (Fsp3) is 0.364.